The molecule has 1 N–H and O–H groups in total. The van der Waals surface area contributed by atoms with E-state index >= 15 is 0 Å². The maximum atomic E-state index is 13.6. The minimum Gasteiger partial charge on any atom is -0.481 e. The zero-order valence-corrected chi connectivity index (χ0v) is 10.7. The Morgan fingerprint density at radius 1 is 1.15 bits per heavy atom. The van der Waals surface area contributed by atoms with E-state index < -0.39 is 11.6 Å². The molecule has 0 fully saturated rings. The Hall–Kier alpha value is -2.50. The van der Waals surface area contributed by atoms with E-state index in [1.807, 2.05) is 0 Å². The van der Waals surface area contributed by atoms with Crippen molar-refractivity contribution in [3.63, 3.8) is 0 Å². The predicted molar refractivity (Wildman–Crippen MR) is 69.6 cm³/mol. The molecule has 2 aromatic heterocycles. The van der Waals surface area contributed by atoms with Gasteiger partial charge in [-0.2, -0.15) is 4.98 Å². The first-order chi connectivity index (χ1) is 9.67. The van der Waals surface area contributed by atoms with E-state index in [1.165, 1.54) is 19.2 Å². The number of nitrogens with one attached hydrogen (secondary N) is 1. The van der Waals surface area contributed by atoms with Crippen molar-refractivity contribution in [2.24, 2.45) is 0 Å². The third-order valence-electron chi connectivity index (χ3n) is 2.97. The first-order valence-electron chi connectivity index (χ1n) is 6.00. The van der Waals surface area contributed by atoms with Gasteiger partial charge in [-0.15, -0.1) is 0 Å². The number of hydrogen-bond acceptors (Lipinski definition) is 3. The van der Waals surface area contributed by atoms with Gasteiger partial charge >= 0.3 is 0 Å². The minimum absolute atomic E-state index is 0.169. The molecule has 1 aromatic carbocycles. The van der Waals surface area contributed by atoms with Crippen LogP contribution in [0.1, 0.15) is 11.4 Å². The zero-order valence-electron chi connectivity index (χ0n) is 10.7. The van der Waals surface area contributed by atoms with Crippen molar-refractivity contribution in [3.05, 3.63) is 53.4 Å². The fourth-order valence-electron chi connectivity index (χ4n) is 1.99. The quantitative estimate of drug-likeness (QED) is 0.799. The van der Waals surface area contributed by atoms with Gasteiger partial charge in [0.2, 0.25) is 5.88 Å². The van der Waals surface area contributed by atoms with Crippen LogP contribution < -0.4 is 4.74 Å². The van der Waals surface area contributed by atoms with Crippen molar-refractivity contribution in [3.8, 4) is 5.88 Å². The SMILES string of the molecule is COc1ccc2[nH]c(Cc3cccc(F)c3F)nc2n1. The number of ether oxygens (including phenoxy) is 1. The van der Waals surface area contributed by atoms with Crippen LogP contribution in [0.25, 0.3) is 11.2 Å². The molecule has 0 bridgehead atoms. The number of pyridine rings is 1. The third kappa shape index (κ3) is 2.20. The van der Waals surface area contributed by atoms with Gasteiger partial charge in [0.05, 0.1) is 12.6 Å². The number of H-pyrrole nitrogens is 1. The number of aromatic nitrogens is 3. The fourth-order valence-corrected chi connectivity index (χ4v) is 1.99. The molecule has 102 valence electrons. The molecule has 3 aromatic rings. The second kappa shape index (κ2) is 4.88. The van der Waals surface area contributed by atoms with E-state index in [1.54, 1.807) is 12.1 Å². The van der Waals surface area contributed by atoms with Crippen molar-refractivity contribution >= 4 is 11.2 Å². The highest BCUT2D eigenvalue weighted by Gasteiger charge is 2.11. The highest BCUT2D eigenvalue weighted by atomic mass is 19.2. The number of halogens is 2. The molecule has 0 spiro atoms. The molecule has 0 atom stereocenters. The van der Waals surface area contributed by atoms with E-state index in [0.717, 1.165) is 11.6 Å². The summed E-state index contributed by atoms with van der Waals surface area (Å²) in [6.07, 6.45) is 0.169. The van der Waals surface area contributed by atoms with Crippen LogP contribution in [0.4, 0.5) is 8.78 Å². The van der Waals surface area contributed by atoms with Crippen LogP contribution in [0.2, 0.25) is 0 Å². The van der Waals surface area contributed by atoms with Crippen molar-refractivity contribution in [1.82, 2.24) is 15.0 Å². The molecular formula is C14H11F2N3O. The Bertz CT molecular complexity index is 770. The summed E-state index contributed by atoms with van der Waals surface area (Å²) in [5.74, 6) is -0.741. The number of fused-ring (bicyclic) bond motifs is 1. The summed E-state index contributed by atoms with van der Waals surface area (Å²) >= 11 is 0. The van der Waals surface area contributed by atoms with Gasteiger partial charge in [-0.05, 0) is 17.7 Å². The maximum Gasteiger partial charge on any atom is 0.215 e. The number of aromatic amines is 1. The molecule has 0 aliphatic rings. The minimum atomic E-state index is -0.863. The lowest BCUT2D eigenvalue weighted by Gasteiger charge is -2.00. The standard InChI is InChI=1S/C14H11F2N3O/c1-20-12-6-5-10-14(19-12)18-11(17-10)7-8-3-2-4-9(15)13(8)16/h2-6H,7H2,1H3,(H,17,18,19). The van der Waals surface area contributed by atoms with Gasteiger partial charge in [0.15, 0.2) is 17.3 Å². The Morgan fingerprint density at radius 3 is 2.80 bits per heavy atom. The maximum absolute atomic E-state index is 13.6. The van der Waals surface area contributed by atoms with Crippen LogP contribution >= 0.6 is 0 Å². The van der Waals surface area contributed by atoms with E-state index in [4.69, 9.17) is 4.74 Å². The number of rotatable bonds is 3. The molecule has 6 heteroatoms. The summed E-state index contributed by atoms with van der Waals surface area (Å²) in [5, 5.41) is 0. The van der Waals surface area contributed by atoms with Crippen molar-refractivity contribution in [2.45, 2.75) is 6.42 Å². The van der Waals surface area contributed by atoms with Gasteiger partial charge in [-0.1, -0.05) is 12.1 Å². The van der Waals surface area contributed by atoms with Gasteiger partial charge in [-0.3, -0.25) is 0 Å². The summed E-state index contributed by atoms with van der Waals surface area (Å²) in [4.78, 5) is 11.4. The normalized spacial score (nSPS) is 10.9. The summed E-state index contributed by atoms with van der Waals surface area (Å²) in [5.41, 5.74) is 1.45. The van der Waals surface area contributed by atoms with Gasteiger partial charge < -0.3 is 9.72 Å². The first kappa shape index (κ1) is 12.5. The van der Waals surface area contributed by atoms with Crippen LogP contribution in [-0.4, -0.2) is 22.1 Å². The average Bonchev–Trinajstić information content (AvgIpc) is 2.85. The molecule has 0 unspecified atom stereocenters. The number of methoxy groups -OCH3 is 1. The van der Waals surface area contributed by atoms with Crippen LogP contribution in [0, 0.1) is 11.6 Å². The van der Waals surface area contributed by atoms with E-state index in [0.29, 0.717) is 17.4 Å². The van der Waals surface area contributed by atoms with Crippen LogP contribution in [0.3, 0.4) is 0 Å². The topological polar surface area (TPSA) is 50.8 Å². The lowest BCUT2D eigenvalue weighted by molar-refractivity contribution is 0.399. The van der Waals surface area contributed by atoms with Gasteiger partial charge in [0, 0.05) is 12.5 Å². The lowest BCUT2D eigenvalue weighted by Crippen LogP contribution is -1.97. The molecule has 0 radical (unpaired) electrons. The van der Waals surface area contributed by atoms with Crippen molar-refractivity contribution in [2.75, 3.05) is 7.11 Å². The monoisotopic (exact) mass is 275 g/mol. The molecule has 0 saturated carbocycles. The smallest absolute Gasteiger partial charge is 0.215 e. The number of benzene rings is 1. The molecule has 0 aliphatic carbocycles. The molecule has 20 heavy (non-hydrogen) atoms. The van der Waals surface area contributed by atoms with Gasteiger partial charge in [0.1, 0.15) is 5.82 Å². The van der Waals surface area contributed by atoms with Crippen molar-refractivity contribution < 1.29 is 13.5 Å². The third-order valence-corrected chi connectivity index (χ3v) is 2.97. The molecule has 3 rings (SSSR count). The number of imidazole rings is 1. The van der Waals surface area contributed by atoms with E-state index in [9.17, 15) is 8.78 Å². The molecule has 2 heterocycles. The van der Waals surface area contributed by atoms with Gasteiger partial charge in [-0.25, -0.2) is 13.8 Å². The van der Waals surface area contributed by atoms with E-state index in [2.05, 4.69) is 15.0 Å². The fraction of sp³-hybridized carbons (Fsp3) is 0.143. The summed E-state index contributed by atoms with van der Waals surface area (Å²) < 4.78 is 31.8. The Labute approximate surface area is 113 Å². The first-order valence-corrected chi connectivity index (χ1v) is 6.00. The predicted octanol–water partition coefficient (Wildman–Crippen LogP) is 2.84. The molecule has 0 saturated heterocycles. The lowest BCUT2D eigenvalue weighted by atomic mass is 10.1. The Kier molecular flexibility index (Phi) is 3.06. The van der Waals surface area contributed by atoms with Crippen LogP contribution in [0.5, 0.6) is 5.88 Å². The second-order valence-electron chi connectivity index (χ2n) is 4.30. The summed E-state index contributed by atoms with van der Waals surface area (Å²) in [7, 11) is 1.52. The van der Waals surface area contributed by atoms with Crippen LogP contribution in [0.15, 0.2) is 30.3 Å². The van der Waals surface area contributed by atoms with Crippen molar-refractivity contribution in [1.29, 1.82) is 0 Å². The highest BCUT2D eigenvalue weighted by Crippen LogP contribution is 2.18. The largest absolute Gasteiger partial charge is 0.481 e. The van der Waals surface area contributed by atoms with E-state index in [-0.39, 0.29) is 12.0 Å². The molecular weight excluding hydrogens is 264 g/mol. The highest BCUT2D eigenvalue weighted by molar-refractivity contribution is 5.71. The second-order valence-corrected chi connectivity index (χ2v) is 4.30. The molecule has 4 nitrogen and oxygen atoms in total. The average molecular weight is 275 g/mol. The summed E-state index contributed by atoms with van der Waals surface area (Å²) in [6.45, 7) is 0. The molecule has 0 amide bonds. The summed E-state index contributed by atoms with van der Waals surface area (Å²) in [6, 6.07) is 7.56. The Morgan fingerprint density at radius 2 is 2.00 bits per heavy atom. The Balaban J connectivity index is 1.96. The molecule has 0 aliphatic heterocycles. The zero-order chi connectivity index (χ0) is 14.1. The number of nitrogens with zero attached hydrogens (tertiary/aromatic N) is 2. The van der Waals surface area contributed by atoms with Crippen LogP contribution in [-0.2, 0) is 6.42 Å². The van der Waals surface area contributed by atoms with Gasteiger partial charge in [0.25, 0.3) is 0 Å². The number of hydrogen-bond donors (Lipinski definition) is 1.